The third-order valence-electron chi connectivity index (χ3n) is 5.28. The maximum atomic E-state index is 7.77. The van der Waals surface area contributed by atoms with Crippen LogP contribution in [0.15, 0.2) is 40.8 Å². The van der Waals surface area contributed by atoms with E-state index < -0.39 is 6.85 Å². The number of rotatable bonds is 1. The number of benzene rings is 2. The molecule has 4 rings (SSSR count). The molecule has 2 aromatic carbocycles. The van der Waals surface area contributed by atoms with Crippen LogP contribution in [0.1, 0.15) is 26.5 Å². The van der Waals surface area contributed by atoms with E-state index in [0.717, 1.165) is 44.3 Å². The highest BCUT2D eigenvalue weighted by Crippen LogP contribution is 2.40. The summed E-state index contributed by atoms with van der Waals surface area (Å²) in [5, 5.41) is 1.96. The molecule has 0 spiro atoms. The summed E-state index contributed by atoms with van der Waals surface area (Å²) in [6, 6.07) is 11.4. The van der Waals surface area contributed by atoms with E-state index >= 15 is 0 Å². The van der Waals surface area contributed by atoms with Crippen LogP contribution in [0.25, 0.3) is 38.0 Å². The Balaban J connectivity index is 2.08. The van der Waals surface area contributed by atoms with Crippen LogP contribution in [-0.2, 0) is 7.05 Å². The van der Waals surface area contributed by atoms with Crippen LogP contribution in [-0.4, -0.2) is 0 Å². The first-order valence-corrected chi connectivity index (χ1v) is 8.48. The zero-order valence-corrected chi connectivity index (χ0v) is 15.3. The Bertz CT molecular complexity index is 1340. The van der Waals surface area contributed by atoms with Gasteiger partial charge in [0.1, 0.15) is 18.2 Å². The lowest BCUT2D eigenvalue weighted by molar-refractivity contribution is -0.667. The van der Waals surface area contributed by atoms with E-state index in [1.165, 1.54) is 0 Å². The molecule has 2 heterocycles. The Hall–Kier alpha value is -3.12. The molecule has 0 N–H and O–H groups in total. The first kappa shape index (κ1) is 13.1. The molecule has 0 bridgehead atoms. The lowest BCUT2D eigenvalue weighted by Gasteiger charge is -2.08. The Morgan fingerprint density at radius 3 is 2.38 bits per heavy atom. The molecule has 0 aliphatic carbocycles. The van der Waals surface area contributed by atoms with Crippen molar-refractivity contribution in [1.82, 2.24) is 0 Å². The van der Waals surface area contributed by atoms with E-state index in [1.54, 1.807) is 6.07 Å². The van der Waals surface area contributed by atoms with Crippen molar-refractivity contribution in [2.24, 2.45) is 7.05 Å². The first-order chi connectivity index (χ1) is 13.6. The minimum atomic E-state index is -2.16. The van der Waals surface area contributed by atoms with E-state index in [0.29, 0.717) is 16.9 Å². The van der Waals surface area contributed by atoms with Gasteiger partial charge in [0.25, 0.3) is 0 Å². The molecule has 0 aliphatic heterocycles. The Morgan fingerprint density at radius 2 is 1.65 bits per heavy atom. The summed E-state index contributed by atoms with van der Waals surface area (Å²) in [5.41, 5.74) is 6.79. The number of nitrogens with zero attached hydrogens (tertiary/aromatic N) is 2. The highest BCUT2D eigenvalue weighted by molar-refractivity contribution is 6.11. The highest BCUT2D eigenvalue weighted by atomic mass is 16.3. The van der Waals surface area contributed by atoms with Gasteiger partial charge in [0.2, 0.25) is 5.69 Å². The van der Waals surface area contributed by atoms with E-state index in [4.69, 9.17) is 15.1 Å². The number of hydrogen-bond acceptors (Lipinski definition) is 1. The van der Waals surface area contributed by atoms with Crippen LogP contribution in [0.3, 0.4) is 0 Å². The molecule has 0 aliphatic rings. The summed E-state index contributed by atoms with van der Waals surface area (Å²) in [6.45, 7) is 11.0. The maximum absolute atomic E-state index is 7.77. The molecule has 2 aromatic heterocycles. The van der Waals surface area contributed by atoms with Gasteiger partial charge in [-0.25, -0.2) is 4.85 Å². The van der Waals surface area contributed by atoms with Crippen LogP contribution < -0.4 is 4.57 Å². The van der Waals surface area contributed by atoms with Crippen LogP contribution >= 0.6 is 0 Å². The highest BCUT2D eigenvalue weighted by Gasteiger charge is 2.22. The SMILES string of the molecule is [2H]C([2H])([2H])c1ccc(-c2c(C)ccc3c2oc2c(C)c([N+]#[C-])ccc23)[n+](C)c1C. The second kappa shape index (κ2) is 5.71. The van der Waals surface area contributed by atoms with Gasteiger partial charge >= 0.3 is 0 Å². The summed E-state index contributed by atoms with van der Waals surface area (Å²) in [4.78, 5) is 3.58. The second-order valence-corrected chi connectivity index (χ2v) is 6.71. The molecule has 0 saturated carbocycles. The first-order valence-electron chi connectivity index (χ1n) is 9.98. The summed E-state index contributed by atoms with van der Waals surface area (Å²) in [7, 11) is 1.88. The third kappa shape index (κ3) is 2.16. The third-order valence-corrected chi connectivity index (χ3v) is 5.28. The molecule has 0 radical (unpaired) electrons. The predicted molar refractivity (Wildman–Crippen MR) is 106 cm³/mol. The number of pyridine rings is 1. The number of aromatic nitrogens is 1. The number of fused-ring (bicyclic) bond motifs is 3. The molecule has 26 heavy (non-hydrogen) atoms. The van der Waals surface area contributed by atoms with Gasteiger partial charge in [-0.1, -0.05) is 24.3 Å². The summed E-state index contributed by atoms with van der Waals surface area (Å²) in [6.07, 6.45) is 0. The fraction of sp³-hybridized carbons (Fsp3) is 0.217. The lowest BCUT2D eigenvalue weighted by atomic mass is 9.99. The monoisotopic (exact) mass is 344 g/mol. The predicted octanol–water partition coefficient (Wildman–Crippen LogP) is 5.86. The molecule has 0 atom stereocenters. The van der Waals surface area contributed by atoms with Crippen molar-refractivity contribution in [1.29, 1.82) is 0 Å². The standard InChI is InChI=1S/C23H21N2O/c1-13-8-12-20(25(6)16(13)4)21-14(2)7-9-18-17-10-11-19(24-5)15(3)22(17)26-23(18)21/h7-12H,1-4,6H3/q+1/i1D3. The van der Waals surface area contributed by atoms with Gasteiger partial charge in [0.15, 0.2) is 11.4 Å². The average Bonchev–Trinajstić information content (AvgIpc) is 3.03. The Labute approximate surface area is 157 Å². The lowest BCUT2D eigenvalue weighted by Crippen LogP contribution is -2.35. The smallest absolute Gasteiger partial charge is 0.216 e. The zero-order valence-electron chi connectivity index (χ0n) is 18.3. The second-order valence-electron chi connectivity index (χ2n) is 6.71. The van der Waals surface area contributed by atoms with E-state index in [2.05, 4.69) is 10.9 Å². The van der Waals surface area contributed by atoms with Gasteiger partial charge in [-0.3, -0.25) is 0 Å². The van der Waals surface area contributed by atoms with Crippen LogP contribution in [0.5, 0.6) is 0 Å². The van der Waals surface area contributed by atoms with Gasteiger partial charge in [-0.05, 0) is 37.9 Å². The summed E-state index contributed by atoms with van der Waals surface area (Å²) < 4.78 is 31.5. The van der Waals surface area contributed by atoms with Crippen LogP contribution in [0.4, 0.5) is 5.69 Å². The number of furan rings is 1. The molecule has 0 fully saturated rings. The van der Waals surface area contributed by atoms with Crippen molar-refractivity contribution >= 4 is 27.6 Å². The summed E-state index contributed by atoms with van der Waals surface area (Å²) >= 11 is 0. The van der Waals surface area contributed by atoms with E-state index in [1.807, 2.05) is 56.7 Å². The number of hydrogen-bond donors (Lipinski definition) is 0. The van der Waals surface area contributed by atoms with Crippen molar-refractivity contribution in [3.8, 4) is 11.3 Å². The van der Waals surface area contributed by atoms with Crippen LogP contribution in [0.2, 0.25) is 0 Å². The van der Waals surface area contributed by atoms with E-state index in [9.17, 15) is 0 Å². The molecule has 128 valence electrons. The largest absolute Gasteiger partial charge is 0.456 e. The molecule has 0 unspecified atom stereocenters. The van der Waals surface area contributed by atoms with Gasteiger partial charge in [-0.15, -0.1) is 0 Å². The van der Waals surface area contributed by atoms with Crippen molar-refractivity contribution in [2.75, 3.05) is 0 Å². The van der Waals surface area contributed by atoms with Crippen molar-refractivity contribution in [2.45, 2.75) is 27.6 Å². The van der Waals surface area contributed by atoms with E-state index in [-0.39, 0.29) is 0 Å². The molecular formula is C23H21N2O+. The minimum Gasteiger partial charge on any atom is -0.456 e. The van der Waals surface area contributed by atoms with Crippen molar-refractivity contribution in [3.05, 3.63) is 70.2 Å². The molecule has 3 heteroatoms. The van der Waals surface area contributed by atoms with Gasteiger partial charge < -0.3 is 4.42 Å². The van der Waals surface area contributed by atoms with Crippen molar-refractivity contribution < 1.29 is 13.1 Å². The molecule has 0 amide bonds. The van der Waals surface area contributed by atoms with Crippen LogP contribution in [0, 0.1) is 34.2 Å². The molecule has 0 saturated heterocycles. The van der Waals surface area contributed by atoms with Crippen molar-refractivity contribution in [3.63, 3.8) is 0 Å². The minimum absolute atomic E-state index is 0.343. The maximum Gasteiger partial charge on any atom is 0.216 e. The van der Waals surface area contributed by atoms with Gasteiger partial charge in [0, 0.05) is 33.4 Å². The van der Waals surface area contributed by atoms with Gasteiger partial charge in [-0.2, -0.15) is 4.57 Å². The molecule has 4 aromatic rings. The molecule has 3 nitrogen and oxygen atoms in total. The quantitative estimate of drug-likeness (QED) is 0.313. The average molecular weight is 344 g/mol. The summed E-state index contributed by atoms with van der Waals surface area (Å²) in [5.74, 6) is 0. The fourth-order valence-electron chi connectivity index (χ4n) is 3.57. The Morgan fingerprint density at radius 1 is 0.962 bits per heavy atom. The number of aryl methyl sites for hydroxylation is 3. The van der Waals surface area contributed by atoms with Gasteiger partial charge in [0.05, 0.1) is 12.1 Å². The topological polar surface area (TPSA) is 21.4 Å². The molecular weight excluding hydrogens is 320 g/mol. The normalized spacial score (nSPS) is 13.4. The zero-order chi connectivity index (χ0) is 21.1. The fourth-order valence-corrected chi connectivity index (χ4v) is 3.57. The Kier molecular flexibility index (Phi) is 2.88.